The Hall–Kier alpha value is -0.710. The maximum atomic E-state index is 11.4. The molecule has 0 spiro atoms. The van der Waals surface area contributed by atoms with Gasteiger partial charge in [0.15, 0.2) is 0 Å². The summed E-state index contributed by atoms with van der Waals surface area (Å²) < 4.78 is 0. The lowest BCUT2D eigenvalue weighted by atomic mass is 10.0. The average molecular weight is 247 g/mol. The van der Waals surface area contributed by atoms with Crippen molar-refractivity contribution in [3.05, 3.63) is 0 Å². The number of carboxylic acids is 1. The van der Waals surface area contributed by atoms with E-state index in [9.17, 15) is 9.59 Å². The summed E-state index contributed by atoms with van der Waals surface area (Å²) in [7, 11) is 0. The third kappa shape index (κ3) is 8.59. The van der Waals surface area contributed by atoms with Crippen LogP contribution in [0.4, 0.5) is 0 Å². The largest absolute Gasteiger partial charge is 0.481 e. The summed E-state index contributed by atoms with van der Waals surface area (Å²) in [6.45, 7) is 4.56. The molecule has 0 aliphatic carbocycles. The molecule has 2 atom stereocenters. The van der Waals surface area contributed by atoms with Gasteiger partial charge in [-0.1, -0.05) is 13.8 Å². The molecular weight excluding hydrogens is 226 g/mol. The lowest BCUT2D eigenvalue weighted by Gasteiger charge is -2.11. The van der Waals surface area contributed by atoms with Crippen LogP contribution < -0.4 is 5.32 Å². The summed E-state index contributed by atoms with van der Waals surface area (Å²) in [6, 6.07) is 0. The van der Waals surface area contributed by atoms with Gasteiger partial charge in [-0.15, -0.1) is 0 Å². The van der Waals surface area contributed by atoms with Gasteiger partial charge in [-0.05, 0) is 18.6 Å². The van der Waals surface area contributed by atoms with Crippen LogP contribution in [-0.4, -0.2) is 35.0 Å². The Kier molecular flexibility index (Phi) is 8.07. The summed E-state index contributed by atoms with van der Waals surface area (Å²) in [5, 5.41) is 11.9. The van der Waals surface area contributed by atoms with Gasteiger partial charge in [-0.25, -0.2) is 0 Å². The molecule has 0 aromatic carbocycles. The molecule has 2 unspecified atom stereocenters. The standard InChI is InChI=1S/C11H21NO3S/c1-8(7-11(14)15)6-10(13)12-5-4-9(2)16-3/h8-9H,4-7H2,1-3H3,(H,12,13)(H,14,15). The van der Waals surface area contributed by atoms with Crippen LogP contribution in [-0.2, 0) is 9.59 Å². The van der Waals surface area contributed by atoms with Crippen molar-refractivity contribution < 1.29 is 14.7 Å². The highest BCUT2D eigenvalue weighted by atomic mass is 32.2. The zero-order valence-electron chi connectivity index (χ0n) is 10.2. The van der Waals surface area contributed by atoms with E-state index in [2.05, 4.69) is 12.2 Å². The monoisotopic (exact) mass is 247 g/mol. The van der Waals surface area contributed by atoms with Gasteiger partial charge in [-0.2, -0.15) is 11.8 Å². The van der Waals surface area contributed by atoms with Crippen LogP contribution in [0.15, 0.2) is 0 Å². The molecular formula is C11H21NO3S. The Bertz CT molecular complexity index is 233. The van der Waals surface area contributed by atoms with Crippen LogP contribution in [0.25, 0.3) is 0 Å². The smallest absolute Gasteiger partial charge is 0.303 e. The zero-order valence-corrected chi connectivity index (χ0v) is 11.0. The van der Waals surface area contributed by atoms with E-state index in [1.165, 1.54) is 0 Å². The molecule has 1 amide bonds. The summed E-state index contributed by atoms with van der Waals surface area (Å²) in [5.41, 5.74) is 0. The van der Waals surface area contributed by atoms with Gasteiger partial charge in [0.05, 0.1) is 0 Å². The van der Waals surface area contributed by atoms with E-state index in [0.717, 1.165) is 6.42 Å². The van der Waals surface area contributed by atoms with E-state index < -0.39 is 5.97 Å². The molecule has 0 fully saturated rings. The minimum absolute atomic E-state index is 0.0502. The van der Waals surface area contributed by atoms with Gasteiger partial charge in [0.1, 0.15) is 0 Å². The first kappa shape index (κ1) is 15.3. The Morgan fingerprint density at radius 3 is 2.44 bits per heavy atom. The van der Waals surface area contributed by atoms with Gasteiger partial charge in [0.2, 0.25) is 5.91 Å². The van der Waals surface area contributed by atoms with Crippen molar-refractivity contribution in [3.63, 3.8) is 0 Å². The predicted octanol–water partition coefficient (Wildman–Crippen LogP) is 1.75. The van der Waals surface area contributed by atoms with Crippen molar-refractivity contribution in [1.82, 2.24) is 5.32 Å². The molecule has 0 rings (SSSR count). The summed E-state index contributed by atoms with van der Waals surface area (Å²) >= 11 is 1.77. The lowest BCUT2D eigenvalue weighted by molar-refractivity contribution is -0.138. The van der Waals surface area contributed by atoms with Crippen molar-refractivity contribution in [2.75, 3.05) is 12.8 Å². The lowest BCUT2D eigenvalue weighted by Crippen LogP contribution is -2.27. The fourth-order valence-corrected chi connectivity index (χ4v) is 1.65. The second-order valence-corrected chi connectivity index (χ2v) is 5.37. The third-order valence-corrected chi connectivity index (χ3v) is 3.37. The van der Waals surface area contributed by atoms with Crippen molar-refractivity contribution in [2.24, 2.45) is 5.92 Å². The quantitative estimate of drug-likeness (QED) is 0.685. The topological polar surface area (TPSA) is 66.4 Å². The van der Waals surface area contributed by atoms with Gasteiger partial charge in [-0.3, -0.25) is 9.59 Å². The van der Waals surface area contributed by atoms with E-state index in [1.54, 1.807) is 18.7 Å². The number of carbonyl (C=O) groups excluding carboxylic acids is 1. The SMILES string of the molecule is CSC(C)CCNC(=O)CC(C)CC(=O)O. The maximum absolute atomic E-state index is 11.4. The van der Waals surface area contributed by atoms with Crippen molar-refractivity contribution in [1.29, 1.82) is 0 Å². The van der Waals surface area contributed by atoms with E-state index >= 15 is 0 Å². The summed E-state index contributed by atoms with van der Waals surface area (Å²) in [4.78, 5) is 21.8. The van der Waals surface area contributed by atoms with Crippen LogP contribution in [0, 0.1) is 5.92 Å². The first-order valence-electron chi connectivity index (χ1n) is 5.47. The first-order chi connectivity index (χ1) is 7.45. The van der Waals surface area contributed by atoms with Crippen LogP contribution in [0.2, 0.25) is 0 Å². The van der Waals surface area contributed by atoms with Crippen molar-refractivity contribution >= 4 is 23.6 Å². The van der Waals surface area contributed by atoms with Gasteiger partial charge >= 0.3 is 5.97 Å². The molecule has 5 heteroatoms. The zero-order chi connectivity index (χ0) is 12.6. The molecule has 0 aliphatic heterocycles. The Balaban J connectivity index is 3.62. The molecule has 0 aliphatic rings. The molecule has 94 valence electrons. The first-order valence-corrected chi connectivity index (χ1v) is 6.75. The number of thioether (sulfide) groups is 1. The minimum Gasteiger partial charge on any atom is -0.481 e. The van der Waals surface area contributed by atoms with Crippen molar-refractivity contribution in [2.45, 2.75) is 38.4 Å². The average Bonchev–Trinajstić information content (AvgIpc) is 2.15. The maximum Gasteiger partial charge on any atom is 0.303 e. The predicted molar refractivity (Wildman–Crippen MR) is 66.6 cm³/mol. The van der Waals surface area contributed by atoms with Crippen LogP contribution in [0.1, 0.15) is 33.1 Å². The number of nitrogens with one attached hydrogen (secondary N) is 1. The number of amides is 1. The van der Waals surface area contributed by atoms with E-state index in [0.29, 0.717) is 18.2 Å². The second kappa shape index (κ2) is 8.44. The molecule has 0 bridgehead atoms. The number of aliphatic carboxylic acids is 1. The molecule has 0 aromatic heterocycles. The highest BCUT2D eigenvalue weighted by Crippen LogP contribution is 2.09. The van der Waals surface area contributed by atoms with Crippen LogP contribution in [0.3, 0.4) is 0 Å². The molecule has 0 radical (unpaired) electrons. The minimum atomic E-state index is -0.851. The molecule has 4 nitrogen and oxygen atoms in total. The third-order valence-electron chi connectivity index (χ3n) is 2.33. The second-order valence-electron chi connectivity index (χ2n) is 4.09. The van der Waals surface area contributed by atoms with E-state index in [1.807, 2.05) is 6.26 Å². The molecule has 0 aromatic rings. The molecule has 0 saturated carbocycles. The fourth-order valence-electron chi connectivity index (χ4n) is 1.29. The van der Waals surface area contributed by atoms with E-state index in [-0.39, 0.29) is 18.2 Å². The summed E-state index contributed by atoms with van der Waals surface area (Å²) in [5.74, 6) is -1.01. The Labute approximate surface area is 101 Å². The van der Waals surface area contributed by atoms with E-state index in [4.69, 9.17) is 5.11 Å². The molecule has 2 N–H and O–H groups in total. The number of hydrogen-bond acceptors (Lipinski definition) is 3. The van der Waals surface area contributed by atoms with Gasteiger partial charge < -0.3 is 10.4 Å². The van der Waals surface area contributed by atoms with Gasteiger partial charge in [0, 0.05) is 24.6 Å². The van der Waals surface area contributed by atoms with Crippen LogP contribution >= 0.6 is 11.8 Å². The number of hydrogen-bond donors (Lipinski definition) is 2. The number of carboxylic acid groups (broad SMARTS) is 1. The normalized spacial score (nSPS) is 14.2. The summed E-state index contributed by atoms with van der Waals surface area (Å²) in [6.07, 6.45) is 3.33. The fraction of sp³-hybridized carbons (Fsp3) is 0.818. The van der Waals surface area contributed by atoms with Crippen LogP contribution in [0.5, 0.6) is 0 Å². The number of rotatable bonds is 8. The Morgan fingerprint density at radius 1 is 1.31 bits per heavy atom. The highest BCUT2D eigenvalue weighted by Gasteiger charge is 2.12. The van der Waals surface area contributed by atoms with Gasteiger partial charge in [0.25, 0.3) is 0 Å². The Morgan fingerprint density at radius 2 is 1.94 bits per heavy atom. The van der Waals surface area contributed by atoms with Crippen molar-refractivity contribution in [3.8, 4) is 0 Å². The molecule has 0 heterocycles. The number of carbonyl (C=O) groups is 2. The highest BCUT2D eigenvalue weighted by molar-refractivity contribution is 7.99. The molecule has 0 saturated heterocycles. The molecule has 16 heavy (non-hydrogen) atoms.